The summed E-state index contributed by atoms with van der Waals surface area (Å²) in [6, 6.07) is 0. The number of aliphatic hydroxyl groups excluding tert-OH is 4. The molecule has 110 valence electrons. The molecular weight excluding hydrogens is 256 g/mol. The Hall–Kier alpha value is -0.990. The summed E-state index contributed by atoms with van der Waals surface area (Å²) in [5, 5.41) is 37.8. The van der Waals surface area contributed by atoms with E-state index in [4.69, 9.17) is 14.6 Å². The predicted octanol–water partition coefficient (Wildman–Crippen LogP) is -1.66. The van der Waals surface area contributed by atoms with Crippen molar-refractivity contribution < 1.29 is 34.7 Å². The van der Waals surface area contributed by atoms with Crippen molar-refractivity contribution in [2.75, 3.05) is 13.2 Å². The van der Waals surface area contributed by atoms with Crippen molar-refractivity contribution in [3.63, 3.8) is 0 Å². The second-order valence-electron chi connectivity index (χ2n) is 4.57. The van der Waals surface area contributed by atoms with Gasteiger partial charge in [-0.1, -0.05) is 6.58 Å². The third-order valence-corrected chi connectivity index (χ3v) is 2.98. The van der Waals surface area contributed by atoms with Crippen LogP contribution in [0.4, 0.5) is 0 Å². The van der Waals surface area contributed by atoms with Gasteiger partial charge in [0, 0.05) is 12.0 Å². The Kier molecular flexibility index (Phi) is 5.89. The van der Waals surface area contributed by atoms with Gasteiger partial charge in [0.25, 0.3) is 0 Å². The lowest BCUT2D eigenvalue weighted by Gasteiger charge is -2.40. The number of ether oxygens (including phenoxy) is 2. The topological polar surface area (TPSA) is 116 Å². The van der Waals surface area contributed by atoms with Crippen molar-refractivity contribution >= 4 is 5.97 Å². The molecule has 1 aliphatic rings. The molecule has 0 aromatic carbocycles. The van der Waals surface area contributed by atoms with E-state index in [-0.39, 0.29) is 18.6 Å². The average Bonchev–Trinajstić information content (AvgIpc) is 2.38. The quantitative estimate of drug-likeness (QED) is 0.351. The molecule has 1 aliphatic heterocycles. The number of aliphatic hydroxyl groups is 4. The van der Waals surface area contributed by atoms with E-state index in [1.54, 1.807) is 0 Å². The zero-order chi connectivity index (χ0) is 14.6. The fourth-order valence-electron chi connectivity index (χ4n) is 1.81. The molecule has 0 aliphatic carbocycles. The second kappa shape index (κ2) is 6.97. The maximum atomic E-state index is 11.1. The van der Waals surface area contributed by atoms with Crippen molar-refractivity contribution in [2.45, 2.75) is 43.9 Å². The van der Waals surface area contributed by atoms with Crippen molar-refractivity contribution in [2.24, 2.45) is 0 Å². The van der Waals surface area contributed by atoms with Gasteiger partial charge in [-0.25, -0.2) is 4.79 Å². The summed E-state index contributed by atoms with van der Waals surface area (Å²) >= 11 is 0. The highest BCUT2D eigenvalue weighted by atomic mass is 16.6. The lowest BCUT2D eigenvalue weighted by molar-refractivity contribution is -0.232. The molecule has 0 spiro atoms. The molecule has 19 heavy (non-hydrogen) atoms. The van der Waals surface area contributed by atoms with E-state index in [0.717, 1.165) is 0 Å². The zero-order valence-electron chi connectivity index (χ0n) is 10.7. The summed E-state index contributed by atoms with van der Waals surface area (Å²) in [4.78, 5) is 11.1. The van der Waals surface area contributed by atoms with Crippen LogP contribution in [0.3, 0.4) is 0 Å². The van der Waals surface area contributed by atoms with Gasteiger partial charge < -0.3 is 29.9 Å². The smallest absolute Gasteiger partial charge is 0.333 e. The van der Waals surface area contributed by atoms with Crippen LogP contribution in [0.1, 0.15) is 13.3 Å². The molecule has 0 radical (unpaired) electrons. The van der Waals surface area contributed by atoms with Crippen LogP contribution in [-0.4, -0.2) is 70.1 Å². The number of carbonyl (C=O) groups is 1. The predicted molar refractivity (Wildman–Crippen MR) is 64.2 cm³/mol. The van der Waals surface area contributed by atoms with Crippen LogP contribution in [-0.2, 0) is 14.3 Å². The molecule has 7 heteroatoms. The number of hydrogen-bond donors (Lipinski definition) is 4. The Morgan fingerprint density at radius 2 is 1.79 bits per heavy atom. The largest absolute Gasteiger partial charge is 0.462 e. The van der Waals surface area contributed by atoms with Crippen molar-refractivity contribution in [3.05, 3.63) is 12.2 Å². The number of rotatable bonds is 5. The van der Waals surface area contributed by atoms with Gasteiger partial charge in [-0.3, -0.25) is 0 Å². The Morgan fingerprint density at radius 3 is 2.32 bits per heavy atom. The molecule has 0 bridgehead atoms. The molecule has 7 nitrogen and oxygen atoms in total. The van der Waals surface area contributed by atoms with Gasteiger partial charge in [-0.05, 0) is 6.92 Å². The molecule has 0 aromatic rings. The molecular formula is C12H20O7. The van der Waals surface area contributed by atoms with Gasteiger partial charge in [-0.15, -0.1) is 0 Å². The van der Waals surface area contributed by atoms with E-state index in [0.29, 0.717) is 0 Å². The normalized spacial score (nSPS) is 34.9. The second-order valence-corrected chi connectivity index (χ2v) is 4.57. The molecule has 5 atom stereocenters. The van der Waals surface area contributed by atoms with Crippen molar-refractivity contribution in [1.82, 2.24) is 0 Å². The van der Waals surface area contributed by atoms with Crippen LogP contribution in [0.25, 0.3) is 0 Å². The summed E-state index contributed by atoms with van der Waals surface area (Å²) in [5.41, 5.74) is 0.258. The van der Waals surface area contributed by atoms with Crippen LogP contribution in [0, 0.1) is 0 Å². The molecule has 0 saturated carbocycles. The Labute approximate surface area is 111 Å². The van der Waals surface area contributed by atoms with Gasteiger partial charge in [-0.2, -0.15) is 0 Å². The molecule has 1 heterocycles. The zero-order valence-corrected chi connectivity index (χ0v) is 10.7. The van der Waals surface area contributed by atoms with Crippen molar-refractivity contribution in [1.29, 1.82) is 0 Å². The third kappa shape index (κ3) is 3.99. The maximum Gasteiger partial charge on any atom is 0.333 e. The van der Waals surface area contributed by atoms with Gasteiger partial charge >= 0.3 is 5.97 Å². The summed E-state index contributed by atoms with van der Waals surface area (Å²) in [6.45, 7) is 4.43. The molecule has 1 fully saturated rings. The summed E-state index contributed by atoms with van der Waals surface area (Å²) in [6.07, 6.45) is -5.72. The maximum absolute atomic E-state index is 11.1. The lowest BCUT2D eigenvalue weighted by atomic mass is 9.94. The molecule has 1 saturated heterocycles. The van der Waals surface area contributed by atoms with E-state index < -0.39 is 43.1 Å². The highest BCUT2D eigenvalue weighted by Crippen LogP contribution is 2.23. The lowest BCUT2D eigenvalue weighted by Crippen LogP contribution is -2.58. The Balaban J connectivity index is 2.48. The van der Waals surface area contributed by atoms with Crippen LogP contribution >= 0.6 is 0 Å². The minimum Gasteiger partial charge on any atom is -0.462 e. The van der Waals surface area contributed by atoms with Crippen LogP contribution in [0.5, 0.6) is 0 Å². The van der Waals surface area contributed by atoms with Crippen LogP contribution in [0.2, 0.25) is 0 Å². The van der Waals surface area contributed by atoms with E-state index in [1.807, 2.05) is 0 Å². The van der Waals surface area contributed by atoms with Crippen LogP contribution in [0.15, 0.2) is 12.2 Å². The molecule has 0 amide bonds. The number of hydrogen-bond acceptors (Lipinski definition) is 7. The van der Waals surface area contributed by atoms with E-state index >= 15 is 0 Å². The minimum atomic E-state index is -1.41. The first-order valence-corrected chi connectivity index (χ1v) is 6.01. The fourth-order valence-corrected chi connectivity index (χ4v) is 1.81. The highest BCUT2D eigenvalue weighted by molar-refractivity contribution is 5.86. The van der Waals surface area contributed by atoms with Crippen molar-refractivity contribution in [3.8, 4) is 0 Å². The minimum absolute atomic E-state index is 0.0195. The Morgan fingerprint density at radius 1 is 1.21 bits per heavy atom. The monoisotopic (exact) mass is 276 g/mol. The highest BCUT2D eigenvalue weighted by Gasteiger charge is 2.43. The van der Waals surface area contributed by atoms with Gasteiger partial charge in [0.1, 0.15) is 24.4 Å². The van der Waals surface area contributed by atoms with E-state index in [9.17, 15) is 20.1 Å². The fraction of sp³-hybridized carbons (Fsp3) is 0.750. The molecule has 4 N–H and O–H groups in total. The SMILES string of the molecule is C=C(C)C(=O)OCC[C@@H]1O[C@H](CO)[C@@H](O)[C@H](O)[C@H]1O. The van der Waals surface area contributed by atoms with E-state index in [1.165, 1.54) is 6.92 Å². The first-order chi connectivity index (χ1) is 8.88. The molecule has 1 rings (SSSR count). The summed E-state index contributed by atoms with van der Waals surface area (Å²) in [7, 11) is 0. The average molecular weight is 276 g/mol. The van der Waals surface area contributed by atoms with Gasteiger partial charge in [0.05, 0.1) is 19.3 Å². The summed E-state index contributed by atoms with van der Waals surface area (Å²) in [5.74, 6) is -0.551. The standard InChI is InChI=1S/C12H20O7/c1-6(2)12(17)18-4-3-7-9(14)11(16)10(15)8(5-13)19-7/h7-11,13-16H,1,3-5H2,2H3/t7-,8+,9-,10+,11+/m0/s1. The summed E-state index contributed by atoms with van der Waals surface area (Å²) < 4.78 is 10.1. The van der Waals surface area contributed by atoms with Crippen LogP contribution < -0.4 is 0 Å². The van der Waals surface area contributed by atoms with E-state index in [2.05, 4.69) is 6.58 Å². The van der Waals surface area contributed by atoms with Gasteiger partial charge in [0.15, 0.2) is 0 Å². The number of carbonyl (C=O) groups excluding carboxylic acids is 1. The third-order valence-electron chi connectivity index (χ3n) is 2.98. The first kappa shape index (κ1) is 16.1. The number of esters is 1. The molecule has 0 unspecified atom stereocenters. The first-order valence-electron chi connectivity index (χ1n) is 6.01. The molecule has 0 aromatic heterocycles. The van der Waals surface area contributed by atoms with Gasteiger partial charge in [0.2, 0.25) is 0 Å². The Bertz CT molecular complexity index is 328.